The highest BCUT2D eigenvalue weighted by Crippen LogP contribution is 2.60. The van der Waals surface area contributed by atoms with Crippen LogP contribution < -0.4 is 0 Å². The van der Waals surface area contributed by atoms with Crippen molar-refractivity contribution < 1.29 is 9.59 Å². The molecule has 1 aliphatic heterocycles. The van der Waals surface area contributed by atoms with E-state index >= 15 is 0 Å². The van der Waals surface area contributed by atoms with Crippen LogP contribution >= 0.6 is 0 Å². The van der Waals surface area contributed by atoms with Gasteiger partial charge in [0.2, 0.25) is 11.8 Å². The van der Waals surface area contributed by atoms with E-state index in [1.54, 1.807) is 6.08 Å². The first kappa shape index (κ1) is 13.7. The summed E-state index contributed by atoms with van der Waals surface area (Å²) in [7, 11) is 0. The molecule has 0 radical (unpaired) electrons. The Kier molecular flexibility index (Phi) is 2.67. The lowest BCUT2D eigenvalue weighted by atomic mass is 9.55. The fraction of sp³-hybridized carbons (Fsp3) is 0.238. The smallest absolute Gasteiger partial charge is 0.234 e. The minimum atomic E-state index is -0.271. The number of carbonyl (C=O) groups is 2. The van der Waals surface area contributed by atoms with E-state index in [4.69, 9.17) is 0 Å². The summed E-state index contributed by atoms with van der Waals surface area (Å²) < 4.78 is 0. The third-order valence-electron chi connectivity index (χ3n) is 5.85. The van der Waals surface area contributed by atoms with Gasteiger partial charge in [-0.1, -0.05) is 54.6 Å². The van der Waals surface area contributed by atoms with Gasteiger partial charge in [-0.05, 0) is 22.3 Å². The SMILES string of the molecule is C=CCN1C(=O)[C@@H]2C3c4ccccc4C(c4ccccc43)[C@H]2C1=O. The molecule has 2 aromatic rings. The summed E-state index contributed by atoms with van der Waals surface area (Å²) in [6, 6.07) is 16.6. The van der Waals surface area contributed by atoms with E-state index in [2.05, 4.69) is 30.8 Å². The van der Waals surface area contributed by atoms with Crippen molar-refractivity contribution in [2.45, 2.75) is 11.8 Å². The van der Waals surface area contributed by atoms with Gasteiger partial charge < -0.3 is 0 Å². The molecule has 1 saturated heterocycles. The maximum absolute atomic E-state index is 13.0. The second-order valence-electron chi connectivity index (χ2n) is 6.84. The lowest BCUT2D eigenvalue weighted by Crippen LogP contribution is -2.41. The molecule has 0 saturated carbocycles. The number of rotatable bonds is 2. The van der Waals surface area contributed by atoms with Crippen LogP contribution in [0.1, 0.15) is 34.1 Å². The molecule has 0 unspecified atom stereocenters. The molecule has 6 rings (SSSR count). The predicted octanol–water partition coefficient (Wildman–Crippen LogP) is 3.06. The minimum Gasteiger partial charge on any atom is -0.278 e. The van der Waals surface area contributed by atoms with Crippen LogP contribution in [0.5, 0.6) is 0 Å². The minimum absolute atomic E-state index is 0.0151. The molecule has 3 nitrogen and oxygen atoms in total. The quantitative estimate of drug-likeness (QED) is 0.631. The topological polar surface area (TPSA) is 37.4 Å². The van der Waals surface area contributed by atoms with Crippen molar-refractivity contribution in [3.8, 4) is 0 Å². The second kappa shape index (κ2) is 4.67. The van der Waals surface area contributed by atoms with Gasteiger partial charge in [-0.15, -0.1) is 6.58 Å². The number of benzene rings is 2. The van der Waals surface area contributed by atoms with E-state index in [9.17, 15) is 9.59 Å². The van der Waals surface area contributed by atoms with Crippen LogP contribution in [0.3, 0.4) is 0 Å². The van der Waals surface area contributed by atoms with Crippen molar-refractivity contribution in [1.82, 2.24) is 4.90 Å². The summed E-state index contributed by atoms with van der Waals surface area (Å²) in [4.78, 5) is 27.4. The largest absolute Gasteiger partial charge is 0.278 e. The lowest BCUT2D eigenvalue weighted by molar-refractivity contribution is -0.139. The van der Waals surface area contributed by atoms with E-state index in [1.807, 2.05) is 24.3 Å². The van der Waals surface area contributed by atoms with Crippen LogP contribution in [0.2, 0.25) is 0 Å². The molecule has 3 heteroatoms. The first-order valence-electron chi connectivity index (χ1n) is 8.37. The van der Waals surface area contributed by atoms with Gasteiger partial charge in [0.05, 0.1) is 11.8 Å². The molecule has 2 amide bonds. The van der Waals surface area contributed by atoms with Gasteiger partial charge in [-0.25, -0.2) is 0 Å². The number of amides is 2. The van der Waals surface area contributed by atoms with Gasteiger partial charge in [0, 0.05) is 18.4 Å². The summed E-state index contributed by atoms with van der Waals surface area (Å²) in [5, 5.41) is 0. The molecular formula is C21H17NO2. The van der Waals surface area contributed by atoms with E-state index in [1.165, 1.54) is 27.2 Å². The summed E-state index contributed by atoms with van der Waals surface area (Å²) in [5.41, 5.74) is 4.85. The summed E-state index contributed by atoms with van der Waals surface area (Å²) in [6.07, 6.45) is 1.63. The number of likely N-dealkylation sites (tertiary alicyclic amines) is 1. The Balaban J connectivity index is 1.78. The summed E-state index contributed by atoms with van der Waals surface area (Å²) in [5.74, 6) is -0.648. The van der Waals surface area contributed by atoms with Crippen molar-refractivity contribution in [1.29, 1.82) is 0 Å². The highest BCUT2D eigenvalue weighted by atomic mass is 16.2. The Hall–Kier alpha value is -2.68. The maximum atomic E-state index is 13.0. The second-order valence-corrected chi connectivity index (χ2v) is 6.84. The highest BCUT2D eigenvalue weighted by molar-refractivity contribution is 6.07. The number of nitrogens with zero attached hydrogens (tertiary/aromatic N) is 1. The fourth-order valence-corrected chi connectivity index (χ4v) is 5.05. The molecule has 3 aliphatic carbocycles. The Bertz CT molecular complexity index is 785. The molecule has 0 N–H and O–H groups in total. The number of imide groups is 1. The zero-order valence-corrected chi connectivity index (χ0v) is 13.2. The first-order valence-corrected chi connectivity index (χ1v) is 8.37. The Morgan fingerprint density at radius 3 is 1.50 bits per heavy atom. The molecule has 4 aliphatic rings. The predicted molar refractivity (Wildman–Crippen MR) is 90.5 cm³/mol. The zero-order valence-electron chi connectivity index (χ0n) is 13.2. The first-order chi connectivity index (χ1) is 11.7. The van der Waals surface area contributed by atoms with Gasteiger partial charge in [0.15, 0.2) is 0 Å². The average Bonchev–Trinajstić information content (AvgIpc) is 2.88. The van der Waals surface area contributed by atoms with Crippen LogP contribution in [-0.4, -0.2) is 23.3 Å². The molecule has 2 atom stereocenters. The fourth-order valence-electron chi connectivity index (χ4n) is 5.05. The summed E-state index contributed by atoms with van der Waals surface area (Å²) in [6.45, 7) is 4.00. The normalized spacial score (nSPS) is 29.2. The molecule has 2 aromatic carbocycles. The van der Waals surface area contributed by atoms with Gasteiger partial charge in [-0.3, -0.25) is 14.5 Å². The van der Waals surface area contributed by atoms with Crippen molar-refractivity contribution in [2.24, 2.45) is 11.8 Å². The van der Waals surface area contributed by atoms with Crippen LogP contribution in [0.15, 0.2) is 61.2 Å². The van der Waals surface area contributed by atoms with Crippen LogP contribution in [0.4, 0.5) is 0 Å². The van der Waals surface area contributed by atoms with Crippen LogP contribution in [0.25, 0.3) is 0 Å². The van der Waals surface area contributed by atoms with Crippen molar-refractivity contribution in [2.75, 3.05) is 6.54 Å². The van der Waals surface area contributed by atoms with Gasteiger partial charge in [-0.2, -0.15) is 0 Å². The molecule has 24 heavy (non-hydrogen) atoms. The highest BCUT2D eigenvalue weighted by Gasteiger charge is 2.61. The van der Waals surface area contributed by atoms with E-state index in [-0.39, 0.29) is 35.5 Å². The number of carbonyl (C=O) groups excluding carboxylic acids is 2. The molecule has 0 aromatic heterocycles. The van der Waals surface area contributed by atoms with Crippen LogP contribution in [-0.2, 0) is 9.59 Å². The van der Waals surface area contributed by atoms with Crippen molar-refractivity contribution in [3.63, 3.8) is 0 Å². The molecule has 1 heterocycles. The van der Waals surface area contributed by atoms with Crippen molar-refractivity contribution in [3.05, 3.63) is 83.4 Å². The van der Waals surface area contributed by atoms with E-state index in [0.29, 0.717) is 6.54 Å². The monoisotopic (exact) mass is 315 g/mol. The Labute approximate surface area is 140 Å². The van der Waals surface area contributed by atoms with Crippen LogP contribution in [0, 0.1) is 11.8 Å². The summed E-state index contributed by atoms with van der Waals surface area (Å²) >= 11 is 0. The number of hydrogen-bond acceptors (Lipinski definition) is 2. The van der Waals surface area contributed by atoms with Gasteiger partial charge in [0.1, 0.15) is 0 Å². The Morgan fingerprint density at radius 1 is 0.792 bits per heavy atom. The van der Waals surface area contributed by atoms with Gasteiger partial charge in [0.25, 0.3) is 0 Å². The van der Waals surface area contributed by atoms with Gasteiger partial charge >= 0.3 is 0 Å². The molecule has 118 valence electrons. The molecular weight excluding hydrogens is 298 g/mol. The maximum Gasteiger partial charge on any atom is 0.234 e. The third-order valence-corrected chi connectivity index (χ3v) is 5.85. The standard InChI is InChI=1S/C21H17NO2/c1-2-11-22-20(23)18-16-12-7-3-4-8-13(12)17(19(18)21(22)24)15-10-6-5-9-14(15)16/h2-10,16-19H,1,11H2/t16?,17?,18-,19-/m1/s1. The Morgan fingerprint density at radius 2 is 1.17 bits per heavy atom. The van der Waals surface area contributed by atoms with E-state index < -0.39 is 0 Å². The van der Waals surface area contributed by atoms with Crippen molar-refractivity contribution >= 4 is 11.8 Å². The molecule has 0 spiro atoms. The molecule has 2 bridgehead atoms. The third kappa shape index (κ3) is 1.47. The van der Waals surface area contributed by atoms with E-state index in [0.717, 1.165) is 0 Å². The zero-order chi connectivity index (χ0) is 16.4. The molecule has 1 fully saturated rings. The number of hydrogen-bond donors (Lipinski definition) is 0. The lowest BCUT2D eigenvalue weighted by Gasteiger charge is -2.45. The average molecular weight is 315 g/mol.